The lowest BCUT2D eigenvalue weighted by Gasteiger charge is -2.23. The Kier molecular flexibility index (Phi) is 8.30. The summed E-state index contributed by atoms with van der Waals surface area (Å²) in [7, 11) is 0. The number of thiazole rings is 1. The Hall–Kier alpha value is -1.14. The highest BCUT2D eigenvalue weighted by Gasteiger charge is 2.21. The minimum atomic E-state index is -0.621. The Morgan fingerprint density at radius 3 is 2.76 bits per heavy atom. The van der Waals surface area contributed by atoms with Crippen molar-refractivity contribution in [2.75, 3.05) is 18.4 Å². The van der Waals surface area contributed by atoms with Crippen LogP contribution in [0.1, 0.15) is 39.5 Å². The maximum absolute atomic E-state index is 12.0. The highest BCUT2D eigenvalue weighted by atomic mass is 35.5. The maximum atomic E-state index is 12.0. The first-order chi connectivity index (χ1) is 10.0. The summed E-state index contributed by atoms with van der Waals surface area (Å²) in [5.74, 6) is -0.450. The monoisotopic (exact) mass is 331 g/mol. The Balaban J connectivity index is 2.50. The van der Waals surface area contributed by atoms with Gasteiger partial charge in [0.25, 0.3) is 0 Å². The van der Waals surface area contributed by atoms with Crippen molar-refractivity contribution in [3.8, 4) is 0 Å². The molecule has 7 heteroatoms. The summed E-state index contributed by atoms with van der Waals surface area (Å²) in [4.78, 5) is 29.5. The second-order valence-electron chi connectivity index (χ2n) is 4.82. The molecular formula is C14H22ClN3O2S. The number of nitrogens with zero attached hydrogens (tertiary/aromatic N) is 2. The van der Waals surface area contributed by atoms with Crippen molar-refractivity contribution in [1.29, 1.82) is 0 Å². The highest BCUT2D eigenvalue weighted by Crippen LogP contribution is 2.11. The molecule has 1 heterocycles. The summed E-state index contributed by atoms with van der Waals surface area (Å²) >= 11 is 7.20. The molecule has 0 radical (unpaired) electrons. The number of unbranched alkanes of at least 4 members (excludes halogenated alkanes) is 3. The minimum absolute atomic E-state index is 0.0155. The third-order valence-electron chi connectivity index (χ3n) is 2.95. The highest BCUT2D eigenvalue weighted by molar-refractivity contribution is 7.13. The van der Waals surface area contributed by atoms with E-state index in [0.717, 1.165) is 25.7 Å². The van der Waals surface area contributed by atoms with Gasteiger partial charge in [0, 0.05) is 18.1 Å². The Labute approximate surface area is 134 Å². The van der Waals surface area contributed by atoms with Gasteiger partial charge in [-0.1, -0.05) is 26.2 Å². The molecule has 2 amide bonds. The van der Waals surface area contributed by atoms with Crippen molar-refractivity contribution in [3.63, 3.8) is 0 Å². The molecule has 0 aliphatic rings. The number of hydrogen-bond donors (Lipinski definition) is 1. The Morgan fingerprint density at radius 1 is 1.43 bits per heavy atom. The molecule has 0 fully saturated rings. The first-order valence-electron chi connectivity index (χ1n) is 7.16. The molecule has 0 saturated heterocycles. The Bertz CT molecular complexity index is 437. The number of carbonyl (C=O) groups is 2. The number of alkyl halides is 1. The number of rotatable bonds is 9. The minimum Gasteiger partial charge on any atom is -0.332 e. The molecule has 0 aromatic carbocycles. The average molecular weight is 332 g/mol. The predicted octanol–water partition coefficient (Wildman–Crippen LogP) is 3.12. The molecule has 0 saturated carbocycles. The van der Waals surface area contributed by atoms with Gasteiger partial charge >= 0.3 is 0 Å². The van der Waals surface area contributed by atoms with Crippen LogP contribution in [0.4, 0.5) is 5.13 Å². The molecule has 1 unspecified atom stereocenters. The van der Waals surface area contributed by atoms with E-state index in [1.807, 2.05) is 0 Å². The number of amides is 2. The van der Waals surface area contributed by atoms with Crippen LogP contribution in [0.5, 0.6) is 0 Å². The van der Waals surface area contributed by atoms with Gasteiger partial charge in [0.15, 0.2) is 5.13 Å². The lowest BCUT2D eigenvalue weighted by molar-refractivity contribution is -0.134. The first-order valence-corrected chi connectivity index (χ1v) is 8.48. The summed E-state index contributed by atoms with van der Waals surface area (Å²) in [6, 6.07) is 0. The molecular weight excluding hydrogens is 310 g/mol. The zero-order chi connectivity index (χ0) is 15.7. The molecule has 5 nitrogen and oxygen atoms in total. The number of halogens is 1. The molecule has 1 aromatic rings. The van der Waals surface area contributed by atoms with Crippen molar-refractivity contribution >= 4 is 39.9 Å². The quantitative estimate of drug-likeness (QED) is 0.558. The van der Waals surface area contributed by atoms with Crippen LogP contribution in [0.3, 0.4) is 0 Å². The maximum Gasteiger partial charge on any atom is 0.245 e. The van der Waals surface area contributed by atoms with Gasteiger partial charge in [-0.05, 0) is 13.3 Å². The summed E-state index contributed by atoms with van der Waals surface area (Å²) in [6.45, 7) is 4.33. The molecule has 1 atom stereocenters. The second kappa shape index (κ2) is 9.73. The smallest absolute Gasteiger partial charge is 0.245 e. The van der Waals surface area contributed by atoms with Gasteiger partial charge in [0.05, 0.1) is 6.54 Å². The molecule has 118 valence electrons. The van der Waals surface area contributed by atoms with E-state index in [1.165, 1.54) is 16.2 Å². The standard InChI is InChI=1S/C14H22ClN3O2S/c1-3-4-5-6-8-18(13(20)11(2)15)10-12(19)17-14-16-7-9-21-14/h7,9,11H,3-6,8,10H2,1-2H3,(H,16,17,19). The van der Waals surface area contributed by atoms with Crippen LogP contribution < -0.4 is 5.32 Å². The summed E-state index contributed by atoms with van der Waals surface area (Å²) < 4.78 is 0. The topological polar surface area (TPSA) is 62.3 Å². The fourth-order valence-corrected chi connectivity index (χ4v) is 2.55. The van der Waals surface area contributed by atoms with Crippen LogP contribution in [0.15, 0.2) is 11.6 Å². The lowest BCUT2D eigenvalue weighted by Crippen LogP contribution is -2.41. The van der Waals surface area contributed by atoms with Gasteiger partial charge in [-0.3, -0.25) is 9.59 Å². The third-order valence-corrected chi connectivity index (χ3v) is 3.82. The number of nitrogens with one attached hydrogen (secondary N) is 1. The third kappa shape index (κ3) is 6.91. The molecule has 1 rings (SSSR count). The zero-order valence-corrected chi connectivity index (χ0v) is 14.0. The van der Waals surface area contributed by atoms with Crippen molar-refractivity contribution in [2.45, 2.75) is 44.9 Å². The van der Waals surface area contributed by atoms with Gasteiger partial charge in [0.1, 0.15) is 5.38 Å². The van der Waals surface area contributed by atoms with Crippen LogP contribution in [-0.4, -0.2) is 40.2 Å². The molecule has 21 heavy (non-hydrogen) atoms. The zero-order valence-electron chi connectivity index (χ0n) is 12.5. The average Bonchev–Trinajstić information content (AvgIpc) is 2.94. The van der Waals surface area contributed by atoms with Gasteiger partial charge < -0.3 is 10.2 Å². The molecule has 1 aromatic heterocycles. The fraction of sp³-hybridized carbons (Fsp3) is 0.643. The molecule has 0 aliphatic heterocycles. The number of anilines is 1. The summed E-state index contributed by atoms with van der Waals surface area (Å²) in [6.07, 6.45) is 5.81. The molecule has 0 bridgehead atoms. The SMILES string of the molecule is CCCCCCN(CC(=O)Nc1nccs1)C(=O)C(C)Cl. The van der Waals surface area contributed by atoms with Crippen LogP contribution in [0.25, 0.3) is 0 Å². The summed E-state index contributed by atoms with van der Waals surface area (Å²) in [5.41, 5.74) is 0. The van der Waals surface area contributed by atoms with Crippen molar-refractivity contribution in [1.82, 2.24) is 9.88 Å². The van der Waals surface area contributed by atoms with Gasteiger partial charge in [-0.15, -0.1) is 22.9 Å². The lowest BCUT2D eigenvalue weighted by atomic mass is 10.2. The van der Waals surface area contributed by atoms with E-state index in [1.54, 1.807) is 18.5 Å². The van der Waals surface area contributed by atoms with E-state index in [2.05, 4.69) is 17.2 Å². The largest absolute Gasteiger partial charge is 0.332 e. The number of aromatic nitrogens is 1. The van der Waals surface area contributed by atoms with E-state index >= 15 is 0 Å². The van der Waals surface area contributed by atoms with Crippen LogP contribution in [-0.2, 0) is 9.59 Å². The first kappa shape index (κ1) is 17.9. The van der Waals surface area contributed by atoms with E-state index in [9.17, 15) is 9.59 Å². The summed E-state index contributed by atoms with van der Waals surface area (Å²) in [5, 5.41) is 4.38. The molecule has 1 N–H and O–H groups in total. The van der Waals surface area contributed by atoms with Crippen LogP contribution in [0, 0.1) is 0 Å². The van der Waals surface area contributed by atoms with Crippen molar-refractivity contribution in [2.24, 2.45) is 0 Å². The van der Waals surface area contributed by atoms with Crippen LogP contribution in [0.2, 0.25) is 0 Å². The second-order valence-corrected chi connectivity index (χ2v) is 6.37. The normalized spacial score (nSPS) is 12.0. The van der Waals surface area contributed by atoms with E-state index in [-0.39, 0.29) is 18.4 Å². The van der Waals surface area contributed by atoms with E-state index < -0.39 is 5.38 Å². The van der Waals surface area contributed by atoms with E-state index in [0.29, 0.717) is 11.7 Å². The van der Waals surface area contributed by atoms with Gasteiger partial charge in [-0.2, -0.15) is 0 Å². The predicted molar refractivity (Wildman–Crippen MR) is 86.8 cm³/mol. The number of carbonyl (C=O) groups excluding carboxylic acids is 2. The van der Waals surface area contributed by atoms with Crippen molar-refractivity contribution in [3.05, 3.63) is 11.6 Å². The molecule has 0 aliphatic carbocycles. The Morgan fingerprint density at radius 2 is 2.19 bits per heavy atom. The van der Waals surface area contributed by atoms with Crippen LogP contribution >= 0.6 is 22.9 Å². The fourth-order valence-electron chi connectivity index (χ4n) is 1.87. The van der Waals surface area contributed by atoms with E-state index in [4.69, 9.17) is 11.6 Å². The van der Waals surface area contributed by atoms with Gasteiger partial charge in [0.2, 0.25) is 11.8 Å². The van der Waals surface area contributed by atoms with Gasteiger partial charge in [-0.25, -0.2) is 4.98 Å². The van der Waals surface area contributed by atoms with Crippen molar-refractivity contribution < 1.29 is 9.59 Å². The molecule has 0 spiro atoms. The number of hydrogen-bond acceptors (Lipinski definition) is 4.